The molecule has 1 unspecified atom stereocenters. The lowest BCUT2D eigenvalue weighted by molar-refractivity contribution is -0.127. The van der Waals surface area contributed by atoms with Gasteiger partial charge in [0.2, 0.25) is 0 Å². The Kier molecular flexibility index (Phi) is 5.66. The molecule has 1 aromatic carbocycles. The molecule has 0 spiro atoms. The fourth-order valence-electron chi connectivity index (χ4n) is 2.80. The van der Waals surface area contributed by atoms with E-state index in [0.717, 1.165) is 11.3 Å². The van der Waals surface area contributed by atoms with E-state index in [0.29, 0.717) is 29.5 Å². The Morgan fingerprint density at radius 3 is 2.58 bits per heavy atom. The van der Waals surface area contributed by atoms with E-state index >= 15 is 0 Å². The number of amides is 1. The average Bonchev–Trinajstić information content (AvgIpc) is 2.55. The van der Waals surface area contributed by atoms with E-state index < -0.39 is 6.04 Å². The summed E-state index contributed by atoms with van der Waals surface area (Å²) in [6.45, 7) is 6.97. The highest BCUT2D eigenvalue weighted by molar-refractivity contribution is 7.80. The lowest BCUT2D eigenvalue weighted by Gasteiger charge is -2.33. The molecular weight excluding hydrogens is 326 g/mol. The monoisotopic (exact) mass is 349 g/mol. The molecular formula is C17H23N3O3S. The first-order valence-electron chi connectivity index (χ1n) is 7.87. The van der Waals surface area contributed by atoms with Crippen molar-refractivity contribution in [3.63, 3.8) is 0 Å². The van der Waals surface area contributed by atoms with Gasteiger partial charge in [-0.05, 0) is 50.7 Å². The molecule has 0 saturated carbocycles. The van der Waals surface area contributed by atoms with Crippen LogP contribution in [-0.2, 0) is 4.79 Å². The van der Waals surface area contributed by atoms with Gasteiger partial charge in [0, 0.05) is 18.8 Å². The minimum Gasteiger partial charge on any atom is -0.504 e. The van der Waals surface area contributed by atoms with Gasteiger partial charge in [0.25, 0.3) is 5.91 Å². The second kappa shape index (κ2) is 7.53. The molecule has 0 radical (unpaired) electrons. The number of carbonyl (C=O) groups is 1. The number of likely N-dealkylation sites (N-methyl/N-ethyl adjacent to an activating group) is 1. The Bertz CT molecular complexity index is 684. The molecule has 6 nitrogen and oxygen atoms in total. The van der Waals surface area contributed by atoms with Crippen molar-refractivity contribution in [3.8, 4) is 11.5 Å². The molecule has 24 heavy (non-hydrogen) atoms. The molecule has 0 aromatic heterocycles. The summed E-state index contributed by atoms with van der Waals surface area (Å²) < 4.78 is 5.08. The lowest BCUT2D eigenvalue weighted by atomic mass is 9.94. The maximum Gasteiger partial charge on any atom is 0.253 e. The van der Waals surface area contributed by atoms with Crippen LogP contribution < -0.4 is 15.4 Å². The van der Waals surface area contributed by atoms with Crippen LogP contribution in [0.5, 0.6) is 11.5 Å². The van der Waals surface area contributed by atoms with Gasteiger partial charge in [-0.2, -0.15) is 0 Å². The summed E-state index contributed by atoms with van der Waals surface area (Å²) in [5.41, 5.74) is 2.06. The highest BCUT2D eigenvalue weighted by Crippen LogP contribution is 2.33. The van der Waals surface area contributed by atoms with Crippen molar-refractivity contribution in [2.45, 2.75) is 26.8 Å². The number of carbonyl (C=O) groups excluding carboxylic acids is 1. The van der Waals surface area contributed by atoms with Crippen molar-refractivity contribution in [1.82, 2.24) is 15.5 Å². The molecule has 2 rings (SSSR count). The molecule has 1 atom stereocenters. The number of benzene rings is 1. The topological polar surface area (TPSA) is 73.8 Å². The van der Waals surface area contributed by atoms with E-state index in [9.17, 15) is 9.90 Å². The number of phenolic OH excluding ortho intramolecular Hbond substituents is 1. The number of hydrogen-bond donors (Lipinski definition) is 3. The van der Waals surface area contributed by atoms with Crippen molar-refractivity contribution in [2.75, 3.05) is 20.2 Å². The van der Waals surface area contributed by atoms with Crippen molar-refractivity contribution < 1.29 is 14.6 Å². The molecule has 0 saturated heterocycles. The maximum absolute atomic E-state index is 12.9. The van der Waals surface area contributed by atoms with Gasteiger partial charge in [0.1, 0.15) is 0 Å². The van der Waals surface area contributed by atoms with E-state index in [-0.39, 0.29) is 11.7 Å². The first kappa shape index (κ1) is 18.1. The van der Waals surface area contributed by atoms with Crippen LogP contribution in [-0.4, -0.2) is 41.2 Å². The molecule has 1 aliphatic heterocycles. The molecule has 0 aliphatic carbocycles. The Labute approximate surface area is 147 Å². The number of methoxy groups -OCH3 is 1. The van der Waals surface area contributed by atoms with Crippen LogP contribution in [0.25, 0.3) is 0 Å². The van der Waals surface area contributed by atoms with Gasteiger partial charge in [0.05, 0.1) is 18.7 Å². The van der Waals surface area contributed by atoms with Gasteiger partial charge >= 0.3 is 0 Å². The molecule has 0 fully saturated rings. The predicted molar refractivity (Wildman–Crippen MR) is 96.9 cm³/mol. The quantitative estimate of drug-likeness (QED) is 0.707. The minimum absolute atomic E-state index is 0.0218. The van der Waals surface area contributed by atoms with Crippen LogP contribution in [0.1, 0.15) is 32.4 Å². The third-order valence-corrected chi connectivity index (χ3v) is 4.31. The van der Waals surface area contributed by atoms with Crippen LogP contribution in [0.4, 0.5) is 0 Å². The van der Waals surface area contributed by atoms with Crippen LogP contribution in [0.3, 0.4) is 0 Å². The zero-order chi connectivity index (χ0) is 17.9. The van der Waals surface area contributed by atoms with Gasteiger partial charge in [-0.3, -0.25) is 4.79 Å². The van der Waals surface area contributed by atoms with Gasteiger partial charge in [-0.1, -0.05) is 6.07 Å². The summed E-state index contributed by atoms with van der Waals surface area (Å²) in [5.74, 6) is 0.349. The summed E-state index contributed by atoms with van der Waals surface area (Å²) in [5, 5.41) is 16.7. The number of thiocarbonyl (C=S) groups is 1. The number of aromatic hydroxyl groups is 1. The van der Waals surface area contributed by atoms with E-state index in [2.05, 4.69) is 10.6 Å². The highest BCUT2D eigenvalue weighted by atomic mass is 32.1. The maximum atomic E-state index is 12.9. The Morgan fingerprint density at radius 2 is 2.04 bits per heavy atom. The third-order valence-electron chi connectivity index (χ3n) is 4.09. The SMILES string of the molecule is CCN(CC)C(=O)C1=C(C)NC(=S)NC1c1ccc(OC)c(O)c1. The fraction of sp³-hybridized carbons (Fsp3) is 0.412. The first-order chi connectivity index (χ1) is 11.4. The normalized spacial score (nSPS) is 17.2. The summed E-state index contributed by atoms with van der Waals surface area (Å²) in [6.07, 6.45) is 0. The number of phenols is 1. The number of ether oxygens (including phenoxy) is 1. The van der Waals surface area contributed by atoms with Gasteiger partial charge < -0.3 is 25.4 Å². The Hall–Kier alpha value is -2.28. The average molecular weight is 349 g/mol. The smallest absolute Gasteiger partial charge is 0.253 e. The highest BCUT2D eigenvalue weighted by Gasteiger charge is 2.32. The molecule has 0 bridgehead atoms. The van der Waals surface area contributed by atoms with Crippen LogP contribution in [0.2, 0.25) is 0 Å². The number of rotatable bonds is 5. The Balaban J connectivity index is 2.48. The standard InChI is InChI=1S/C17H23N3O3S/c1-5-20(6-2)16(22)14-10(3)18-17(24)19-15(14)11-7-8-13(23-4)12(21)9-11/h7-9,15,21H,5-6H2,1-4H3,(H2,18,19,24). The van der Waals surface area contributed by atoms with E-state index in [1.807, 2.05) is 26.8 Å². The van der Waals surface area contributed by atoms with Crippen molar-refractivity contribution in [2.24, 2.45) is 0 Å². The predicted octanol–water partition coefficient (Wildman–Crippen LogP) is 2.06. The number of nitrogens with one attached hydrogen (secondary N) is 2. The van der Waals surface area contributed by atoms with Gasteiger partial charge in [-0.15, -0.1) is 0 Å². The first-order valence-corrected chi connectivity index (χ1v) is 8.28. The van der Waals surface area contributed by atoms with E-state index in [4.69, 9.17) is 17.0 Å². The van der Waals surface area contributed by atoms with Crippen LogP contribution >= 0.6 is 12.2 Å². The fourth-order valence-corrected chi connectivity index (χ4v) is 3.07. The lowest BCUT2D eigenvalue weighted by Crippen LogP contribution is -2.47. The zero-order valence-corrected chi connectivity index (χ0v) is 15.2. The zero-order valence-electron chi connectivity index (χ0n) is 14.3. The third kappa shape index (κ3) is 3.46. The second-order valence-corrected chi connectivity index (χ2v) is 5.89. The molecule has 1 heterocycles. The molecule has 130 valence electrons. The van der Waals surface area contributed by atoms with Crippen LogP contribution in [0.15, 0.2) is 29.5 Å². The number of hydrogen-bond acceptors (Lipinski definition) is 4. The van der Waals surface area contributed by atoms with E-state index in [1.165, 1.54) is 7.11 Å². The van der Waals surface area contributed by atoms with Crippen molar-refractivity contribution in [3.05, 3.63) is 35.0 Å². The molecule has 3 N–H and O–H groups in total. The molecule has 1 amide bonds. The second-order valence-electron chi connectivity index (χ2n) is 5.48. The largest absolute Gasteiger partial charge is 0.504 e. The molecule has 7 heteroatoms. The molecule has 1 aromatic rings. The van der Waals surface area contributed by atoms with Crippen molar-refractivity contribution >= 4 is 23.2 Å². The van der Waals surface area contributed by atoms with Crippen LogP contribution in [0, 0.1) is 0 Å². The minimum atomic E-state index is -0.427. The van der Waals surface area contributed by atoms with Crippen molar-refractivity contribution in [1.29, 1.82) is 0 Å². The van der Waals surface area contributed by atoms with Gasteiger partial charge in [0.15, 0.2) is 16.6 Å². The Morgan fingerprint density at radius 1 is 1.38 bits per heavy atom. The van der Waals surface area contributed by atoms with Gasteiger partial charge in [-0.25, -0.2) is 0 Å². The summed E-state index contributed by atoms with van der Waals surface area (Å²) in [7, 11) is 1.49. The number of allylic oxidation sites excluding steroid dienone is 1. The van der Waals surface area contributed by atoms with E-state index in [1.54, 1.807) is 17.0 Å². The summed E-state index contributed by atoms with van der Waals surface area (Å²) >= 11 is 5.23. The summed E-state index contributed by atoms with van der Waals surface area (Å²) in [4.78, 5) is 14.7. The summed E-state index contributed by atoms with van der Waals surface area (Å²) in [6, 6.07) is 4.65. The number of nitrogens with zero attached hydrogens (tertiary/aromatic N) is 1. The molecule has 1 aliphatic rings.